The van der Waals surface area contributed by atoms with Crippen molar-refractivity contribution < 1.29 is 8.42 Å². The third-order valence-corrected chi connectivity index (χ3v) is 7.02. The number of aryl methyl sites for hydroxylation is 1. The van der Waals surface area contributed by atoms with Crippen molar-refractivity contribution in [3.05, 3.63) is 45.8 Å². The van der Waals surface area contributed by atoms with Gasteiger partial charge in [-0.05, 0) is 36.2 Å². The van der Waals surface area contributed by atoms with Crippen molar-refractivity contribution in [2.75, 3.05) is 12.3 Å². The lowest BCUT2D eigenvalue weighted by atomic mass is 10.2. The molecule has 0 aliphatic heterocycles. The normalized spacial score (nSPS) is 12.0. The van der Waals surface area contributed by atoms with E-state index in [-0.39, 0.29) is 4.21 Å². The van der Waals surface area contributed by atoms with Crippen molar-refractivity contribution in [2.24, 2.45) is 0 Å². The average Bonchev–Trinajstić information content (AvgIpc) is 2.76. The Bertz CT molecular complexity index is 722. The molecule has 0 fully saturated rings. The van der Waals surface area contributed by atoms with Crippen LogP contribution in [0.1, 0.15) is 18.1 Å². The van der Waals surface area contributed by atoms with Crippen molar-refractivity contribution in [3.63, 3.8) is 0 Å². The van der Waals surface area contributed by atoms with Crippen LogP contribution in [0.15, 0.2) is 34.5 Å². The zero-order valence-corrected chi connectivity index (χ0v) is 14.2. The molecule has 0 radical (unpaired) electrons. The van der Waals surface area contributed by atoms with Crippen molar-refractivity contribution in [1.29, 1.82) is 0 Å². The highest BCUT2D eigenvalue weighted by molar-refractivity contribution is 7.91. The number of anilines is 1. The molecule has 0 saturated carbocycles. The highest BCUT2D eigenvalue weighted by Crippen LogP contribution is 2.32. The number of nitrogens with zero attached hydrogens (tertiary/aromatic N) is 1. The van der Waals surface area contributed by atoms with Crippen molar-refractivity contribution >= 4 is 38.6 Å². The molecule has 1 aromatic carbocycles. The zero-order valence-electron chi connectivity index (χ0n) is 11.8. The average molecular weight is 345 g/mol. The molecule has 0 spiro atoms. The van der Waals surface area contributed by atoms with Crippen LogP contribution in [0.2, 0.25) is 4.34 Å². The quantitative estimate of drug-likeness (QED) is 0.844. The first-order valence-electron chi connectivity index (χ1n) is 6.45. The van der Waals surface area contributed by atoms with E-state index in [0.29, 0.717) is 23.1 Å². The number of nitrogens with two attached hydrogens (primary N) is 1. The number of rotatable bonds is 5. The predicted octanol–water partition coefficient (Wildman–Crippen LogP) is 3.50. The topological polar surface area (TPSA) is 63.4 Å². The van der Waals surface area contributed by atoms with Crippen molar-refractivity contribution in [3.8, 4) is 0 Å². The van der Waals surface area contributed by atoms with Crippen LogP contribution in [0, 0.1) is 6.92 Å². The molecule has 114 valence electrons. The first kappa shape index (κ1) is 16.3. The molecule has 21 heavy (non-hydrogen) atoms. The minimum absolute atomic E-state index is 0.274. The van der Waals surface area contributed by atoms with Gasteiger partial charge in [-0.3, -0.25) is 0 Å². The summed E-state index contributed by atoms with van der Waals surface area (Å²) in [4.78, 5) is 0. The summed E-state index contributed by atoms with van der Waals surface area (Å²) in [6.45, 7) is 4.28. The molecule has 4 nitrogen and oxygen atoms in total. The van der Waals surface area contributed by atoms with E-state index in [2.05, 4.69) is 0 Å². The first-order valence-corrected chi connectivity index (χ1v) is 9.08. The fraction of sp³-hybridized carbons (Fsp3) is 0.286. The summed E-state index contributed by atoms with van der Waals surface area (Å²) in [7, 11) is -3.54. The molecule has 1 heterocycles. The summed E-state index contributed by atoms with van der Waals surface area (Å²) in [6.07, 6.45) is 0. The van der Waals surface area contributed by atoms with E-state index < -0.39 is 10.0 Å². The summed E-state index contributed by atoms with van der Waals surface area (Å²) in [5, 5.41) is 0. The van der Waals surface area contributed by atoms with Gasteiger partial charge in [-0.2, -0.15) is 4.31 Å². The fourth-order valence-corrected chi connectivity index (χ4v) is 5.25. The Kier molecular flexibility index (Phi) is 4.93. The smallest absolute Gasteiger partial charge is 0.252 e. The van der Waals surface area contributed by atoms with E-state index in [1.807, 2.05) is 19.1 Å². The number of nitrogen functional groups attached to an aromatic ring is 1. The summed E-state index contributed by atoms with van der Waals surface area (Å²) < 4.78 is 27.5. The molecule has 2 aromatic rings. The number of hydrogen-bond donors (Lipinski definition) is 1. The molecule has 0 amide bonds. The summed E-state index contributed by atoms with van der Waals surface area (Å²) in [5.41, 5.74) is 8.00. The minimum atomic E-state index is -3.54. The van der Waals surface area contributed by atoms with Gasteiger partial charge in [-0.1, -0.05) is 30.7 Å². The zero-order chi connectivity index (χ0) is 15.6. The molecule has 1 aromatic heterocycles. The van der Waals surface area contributed by atoms with Gasteiger partial charge in [0.2, 0.25) is 0 Å². The maximum atomic E-state index is 12.7. The van der Waals surface area contributed by atoms with Gasteiger partial charge in [0.15, 0.2) is 0 Å². The van der Waals surface area contributed by atoms with Crippen molar-refractivity contribution in [1.82, 2.24) is 4.31 Å². The van der Waals surface area contributed by atoms with E-state index >= 15 is 0 Å². The Morgan fingerprint density at radius 1 is 1.33 bits per heavy atom. The number of thiophene rings is 1. The maximum absolute atomic E-state index is 12.7. The van der Waals surface area contributed by atoms with E-state index in [9.17, 15) is 8.42 Å². The van der Waals surface area contributed by atoms with Gasteiger partial charge in [0, 0.05) is 18.8 Å². The second kappa shape index (κ2) is 6.36. The molecule has 7 heteroatoms. The highest BCUT2D eigenvalue weighted by atomic mass is 35.5. The van der Waals surface area contributed by atoms with Gasteiger partial charge < -0.3 is 5.73 Å². The molecular formula is C14H17ClN2O2S2. The van der Waals surface area contributed by atoms with Crippen LogP contribution < -0.4 is 5.73 Å². The molecule has 0 aliphatic carbocycles. The van der Waals surface area contributed by atoms with Gasteiger partial charge >= 0.3 is 0 Å². The second-order valence-electron chi connectivity index (χ2n) is 4.70. The van der Waals surface area contributed by atoms with E-state index in [4.69, 9.17) is 17.3 Å². The van der Waals surface area contributed by atoms with Gasteiger partial charge in [-0.15, -0.1) is 11.3 Å². The Morgan fingerprint density at radius 3 is 2.57 bits per heavy atom. The molecule has 0 unspecified atom stereocenters. The maximum Gasteiger partial charge on any atom is 0.252 e. The summed E-state index contributed by atoms with van der Waals surface area (Å²) in [6, 6.07) is 8.85. The highest BCUT2D eigenvalue weighted by Gasteiger charge is 2.26. The van der Waals surface area contributed by atoms with Crippen LogP contribution in [0.4, 0.5) is 5.69 Å². The fourth-order valence-electron chi connectivity index (χ4n) is 1.95. The molecule has 2 N–H and O–H groups in total. The lowest BCUT2D eigenvalue weighted by Crippen LogP contribution is -2.29. The Balaban J connectivity index is 2.31. The van der Waals surface area contributed by atoms with Crippen molar-refractivity contribution in [2.45, 2.75) is 24.6 Å². The SMILES string of the molecule is CCN(Cc1cccc(N)c1)S(=O)(=O)c1cc(C)c(Cl)s1. The summed E-state index contributed by atoms with van der Waals surface area (Å²) >= 11 is 7.07. The van der Waals surface area contributed by atoms with Gasteiger partial charge in [0.1, 0.15) is 4.21 Å². The summed E-state index contributed by atoms with van der Waals surface area (Å²) in [5.74, 6) is 0. The van der Waals surface area contributed by atoms with Gasteiger partial charge in [-0.25, -0.2) is 8.42 Å². The largest absolute Gasteiger partial charge is 0.399 e. The molecule has 0 aliphatic rings. The van der Waals surface area contributed by atoms with Crippen LogP contribution in [-0.2, 0) is 16.6 Å². The number of halogens is 1. The predicted molar refractivity (Wildman–Crippen MR) is 88.2 cm³/mol. The molecule has 0 bridgehead atoms. The molecule has 0 saturated heterocycles. The monoisotopic (exact) mass is 344 g/mol. The lowest BCUT2D eigenvalue weighted by molar-refractivity contribution is 0.425. The van der Waals surface area contributed by atoms with Crippen LogP contribution in [-0.4, -0.2) is 19.3 Å². The van der Waals surface area contributed by atoms with E-state index in [1.165, 1.54) is 4.31 Å². The Hall–Kier alpha value is -1.08. The Labute approximate surface area is 134 Å². The molecular weight excluding hydrogens is 328 g/mol. The van der Waals surface area contributed by atoms with E-state index in [1.54, 1.807) is 25.1 Å². The standard InChI is InChI=1S/C14H17ClN2O2S2/c1-3-17(9-11-5-4-6-12(16)8-11)21(18,19)13-7-10(2)14(15)20-13/h4-8H,3,9,16H2,1-2H3. The second-order valence-corrected chi connectivity index (χ2v) is 8.52. The number of benzene rings is 1. The Morgan fingerprint density at radius 2 is 2.05 bits per heavy atom. The minimum Gasteiger partial charge on any atom is -0.399 e. The van der Waals surface area contributed by atoms with Gasteiger partial charge in [0.25, 0.3) is 10.0 Å². The molecule has 2 rings (SSSR count). The first-order chi connectivity index (χ1) is 9.84. The third-order valence-electron chi connectivity index (χ3n) is 3.09. The number of hydrogen-bond acceptors (Lipinski definition) is 4. The number of sulfonamides is 1. The van der Waals surface area contributed by atoms with Crippen LogP contribution in [0.25, 0.3) is 0 Å². The van der Waals surface area contributed by atoms with Gasteiger partial charge in [0.05, 0.1) is 4.34 Å². The third kappa shape index (κ3) is 3.58. The van der Waals surface area contributed by atoms with Crippen LogP contribution in [0.5, 0.6) is 0 Å². The molecule has 0 atom stereocenters. The lowest BCUT2D eigenvalue weighted by Gasteiger charge is -2.19. The van der Waals surface area contributed by atoms with E-state index in [0.717, 1.165) is 22.5 Å². The van der Waals surface area contributed by atoms with Crippen LogP contribution in [0.3, 0.4) is 0 Å². The van der Waals surface area contributed by atoms with Crippen LogP contribution >= 0.6 is 22.9 Å².